The van der Waals surface area contributed by atoms with E-state index in [1.165, 1.54) is 0 Å². The lowest BCUT2D eigenvalue weighted by Crippen LogP contribution is -2.07. The minimum atomic E-state index is -0.0238. The zero-order chi connectivity index (χ0) is 18.1. The van der Waals surface area contributed by atoms with Crippen molar-refractivity contribution >= 4 is 16.8 Å². The number of methoxy groups -OCH3 is 1. The fourth-order valence-corrected chi connectivity index (χ4v) is 3.49. The Labute approximate surface area is 152 Å². The van der Waals surface area contributed by atoms with Crippen molar-refractivity contribution in [2.75, 3.05) is 7.11 Å². The van der Waals surface area contributed by atoms with Crippen LogP contribution in [0.5, 0.6) is 5.75 Å². The molecule has 0 saturated carbocycles. The van der Waals surface area contributed by atoms with Gasteiger partial charge in [-0.2, -0.15) is 0 Å². The average molecular weight is 341 g/mol. The lowest BCUT2D eigenvalue weighted by atomic mass is 9.98. The van der Waals surface area contributed by atoms with Gasteiger partial charge in [-0.15, -0.1) is 0 Å². The van der Waals surface area contributed by atoms with Crippen molar-refractivity contribution in [1.82, 2.24) is 4.57 Å². The Morgan fingerprint density at radius 2 is 1.46 bits per heavy atom. The molecule has 0 aliphatic carbocycles. The molecule has 3 heteroatoms. The molecule has 4 aromatic rings. The highest BCUT2D eigenvalue weighted by atomic mass is 16.5. The predicted molar refractivity (Wildman–Crippen MR) is 106 cm³/mol. The van der Waals surface area contributed by atoms with Crippen LogP contribution in [0.2, 0.25) is 0 Å². The first-order valence-corrected chi connectivity index (χ1v) is 8.55. The maximum absolute atomic E-state index is 12.6. The molecule has 0 saturated heterocycles. The number of nitrogens with zero attached hydrogens (tertiary/aromatic N) is 1. The zero-order valence-corrected chi connectivity index (χ0v) is 14.8. The van der Waals surface area contributed by atoms with E-state index in [4.69, 9.17) is 4.74 Å². The van der Waals surface area contributed by atoms with Crippen molar-refractivity contribution in [3.05, 3.63) is 78.9 Å². The van der Waals surface area contributed by atoms with Crippen LogP contribution in [0.4, 0.5) is 0 Å². The van der Waals surface area contributed by atoms with Crippen molar-refractivity contribution in [3.8, 4) is 28.1 Å². The van der Waals surface area contributed by atoms with E-state index < -0.39 is 0 Å². The van der Waals surface area contributed by atoms with Gasteiger partial charge in [-0.05, 0) is 23.3 Å². The molecule has 0 aliphatic heterocycles. The van der Waals surface area contributed by atoms with Gasteiger partial charge in [-0.25, -0.2) is 0 Å². The Morgan fingerprint density at radius 1 is 0.846 bits per heavy atom. The number of hydrogen-bond donors (Lipinski definition) is 0. The molecular weight excluding hydrogens is 322 g/mol. The first-order valence-electron chi connectivity index (χ1n) is 8.55. The van der Waals surface area contributed by atoms with Crippen LogP contribution in [-0.2, 0) is 0 Å². The van der Waals surface area contributed by atoms with Crippen molar-refractivity contribution in [2.45, 2.75) is 6.92 Å². The first-order chi connectivity index (χ1) is 12.7. The van der Waals surface area contributed by atoms with Crippen molar-refractivity contribution in [1.29, 1.82) is 0 Å². The van der Waals surface area contributed by atoms with Gasteiger partial charge in [0.05, 0.1) is 18.3 Å². The smallest absolute Gasteiger partial charge is 0.228 e. The third-order valence-corrected chi connectivity index (χ3v) is 4.60. The van der Waals surface area contributed by atoms with Crippen LogP contribution in [-0.4, -0.2) is 17.6 Å². The summed E-state index contributed by atoms with van der Waals surface area (Å²) >= 11 is 0. The van der Waals surface area contributed by atoms with Crippen LogP contribution >= 0.6 is 0 Å². The molecule has 3 aromatic carbocycles. The fraction of sp³-hybridized carbons (Fsp3) is 0.0870. The SMILES string of the molecule is COc1ccc2c(-c3ccccc3)c(-c3ccccc3)n(C(C)=O)c2c1. The highest BCUT2D eigenvalue weighted by Crippen LogP contribution is 2.41. The number of benzene rings is 3. The van der Waals surface area contributed by atoms with Gasteiger partial charge in [0.1, 0.15) is 5.75 Å². The second-order valence-electron chi connectivity index (χ2n) is 6.19. The highest BCUT2D eigenvalue weighted by molar-refractivity contribution is 6.09. The Bertz CT molecular complexity index is 1080. The minimum Gasteiger partial charge on any atom is -0.497 e. The summed E-state index contributed by atoms with van der Waals surface area (Å²) in [4.78, 5) is 12.6. The first kappa shape index (κ1) is 16.2. The molecule has 0 bridgehead atoms. The fourth-order valence-electron chi connectivity index (χ4n) is 3.49. The summed E-state index contributed by atoms with van der Waals surface area (Å²) in [6.07, 6.45) is 0. The van der Waals surface area contributed by atoms with E-state index in [0.717, 1.165) is 39.0 Å². The van der Waals surface area contributed by atoms with Gasteiger partial charge in [0.15, 0.2) is 0 Å². The summed E-state index contributed by atoms with van der Waals surface area (Å²) in [5.41, 5.74) is 4.92. The van der Waals surface area contributed by atoms with Crippen LogP contribution < -0.4 is 4.74 Å². The van der Waals surface area contributed by atoms with Crippen LogP contribution in [0.1, 0.15) is 11.7 Å². The quantitative estimate of drug-likeness (QED) is 0.482. The largest absolute Gasteiger partial charge is 0.497 e. The van der Waals surface area contributed by atoms with Crippen molar-refractivity contribution in [3.63, 3.8) is 0 Å². The second-order valence-corrected chi connectivity index (χ2v) is 6.19. The molecule has 0 aliphatic rings. The number of carbonyl (C=O) groups excluding carboxylic acids is 1. The number of hydrogen-bond acceptors (Lipinski definition) is 2. The molecule has 3 nitrogen and oxygen atoms in total. The van der Waals surface area contributed by atoms with Gasteiger partial charge >= 0.3 is 0 Å². The number of aromatic nitrogens is 1. The summed E-state index contributed by atoms with van der Waals surface area (Å²) in [6, 6.07) is 26.1. The Kier molecular flexibility index (Phi) is 4.05. The standard InChI is InChI=1S/C23H19NO2/c1-16(25)24-21-15-19(26-2)13-14-20(21)22(17-9-5-3-6-10-17)23(24)18-11-7-4-8-12-18/h3-15H,1-2H3. The van der Waals surface area contributed by atoms with E-state index in [-0.39, 0.29) is 5.91 Å². The Morgan fingerprint density at radius 3 is 2.04 bits per heavy atom. The predicted octanol–water partition coefficient (Wildman–Crippen LogP) is 5.64. The van der Waals surface area contributed by atoms with Crippen LogP contribution in [0.25, 0.3) is 33.3 Å². The monoisotopic (exact) mass is 341 g/mol. The minimum absolute atomic E-state index is 0.0238. The van der Waals surface area contributed by atoms with Gasteiger partial charge in [-0.1, -0.05) is 60.7 Å². The zero-order valence-electron chi connectivity index (χ0n) is 14.8. The number of fused-ring (bicyclic) bond motifs is 1. The van der Waals surface area contributed by atoms with Gasteiger partial charge in [-0.3, -0.25) is 9.36 Å². The molecule has 0 atom stereocenters. The topological polar surface area (TPSA) is 31.2 Å². The summed E-state index contributed by atoms with van der Waals surface area (Å²) in [5.74, 6) is 0.709. The molecule has 128 valence electrons. The maximum atomic E-state index is 12.6. The third kappa shape index (κ3) is 2.58. The van der Waals surface area contributed by atoms with E-state index >= 15 is 0 Å². The normalized spacial score (nSPS) is 10.8. The molecule has 4 rings (SSSR count). The lowest BCUT2D eigenvalue weighted by Gasteiger charge is -2.10. The van der Waals surface area contributed by atoms with Gasteiger partial charge < -0.3 is 4.74 Å². The highest BCUT2D eigenvalue weighted by Gasteiger charge is 2.22. The van der Waals surface area contributed by atoms with Crippen LogP contribution in [0, 0.1) is 0 Å². The molecule has 26 heavy (non-hydrogen) atoms. The molecule has 0 spiro atoms. The van der Waals surface area contributed by atoms with E-state index in [0.29, 0.717) is 0 Å². The van der Waals surface area contributed by atoms with Crippen LogP contribution in [0.15, 0.2) is 78.9 Å². The summed E-state index contributed by atoms with van der Waals surface area (Å²) in [5, 5.41) is 1.03. The molecule has 0 amide bonds. The van der Waals surface area contributed by atoms with Gasteiger partial charge in [0.25, 0.3) is 0 Å². The number of rotatable bonds is 3. The summed E-state index contributed by atoms with van der Waals surface area (Å²) in [7, 11) is 1.64. The van der Waals surface area contributed by atoms with Crippen LogP contribution in [0.3, 0.4) is 0 Å². The van der Waals surface area contributed by atoms with E-state index in [1.807, 2.05) is 66.7 Å². The van der Waals surface area contributed by atoms with Gasteiger partial charge in [0, 0.05) is 23.9 Å². The summed E-state index contributed by atoms with van der Waals surface area (Å²) < 4.78 is 7.18. The third-order valence-electron chi connectivity index (χ3n) is 4.60. The number of carbonyl (C=O) groups is 1. The molecule has 1 heterocycles. The lowest BCUT2D eigenvalue weighted by molar-refractivity contribution is 0.0943. The molecule has 0 radical (unpaired) electrons. The van der Waals surface area contributed by atoms with Crippen molar-refractivity contribution in [2.24, 2.45) is 0 Å². The molecule has 1 aromatic heterocycles. The maximum Gasteiger partial charge on any atom is 0.228 e. The average Bonchev–Trinajstić information content (AvgIpc) is 3.03. The molecule has 0 fully saturated rings. The molecule has 0 N–H and O–H groups in total. The number of ether oxygens (including phenoxy) is 1. The summed E-state index contributed by atoms with van der Waals surface area (Å²) in [6.45, 7) is 1.60. The van der Waals surface area contributed by atoms with E-state index in [9.17, 15) is 4.79 Å². The van der Waals surface area contributed by atoms with Crippen molar-refractivity contribution < 1.29 is 9.53 Å². The van der Waals surface area contributed by atoms with E-state index in [1.54, 1.807) is 18.6 Å². The Balaban J connectivity index is 2.18. The Hall–Kier alpha value is -3.33. The second kappa shape index (κ2) is 6.52. The molecular formula is C23H19NO2. The van der Waals surface area contributed by atoms with Gasteiger partial charge in [0.2, 0.25) is 5.91 Å². The van der Waals surface area contributed by atoms with E-state index in [2.05, 4.69) is 12.1 Å². The molecule has 0 unspecified atom stereocenters.